The Hall–Kier alpha value is -3.33. The highest BCUT2D eigenvalue weighted by Crippen LogP contribution is 2.35. The normalized spacial score (nSPS) is 14.3. The lowest BCUT2D eigenvalue weighted by atomic mass is 10.1. The lowest BCUT2D eigenvalue weighted by Crippen LogP contribution is -2.29. The number of ether oxygens (including phenoxy) is 2. The van der Waals surface area contributed by atoms with Crippen molar-refractivity contribution >= 4 is 19.8 Å². The highest BCUT2D eigenvalue weighted by molar-refractivity contribution is 7.46. The molecule has 0 heterocycles. The van der Waals surface area contributed by atoms with Crippen LogP contribution in [0.25, 0.3) is 0 Å². The minimum absolute atomic E-state index is 0.0766. The molecule has 1 unspecified atom stereocenters. The third-order valence-electron chi connectivity index (χ3n) is 7.39. The molecule has 3 N–H and O–H groups in total. The number of phosphoric ester groups is 1. The first-order valence-electron chi connectivity index (χ1n) is 19.3. The standard InChI is InChI=1S/C43H67O9P/c1-3-5-7-9-11-13-15-17-19-21-22-24-26-28-30-32-34-40(44)36-37-43(46)52-41(39-51-53(47,48)49)38-50-42(45)35-33-31-29-27-25-23-20-18-16-14-12-10-8-6-4-2/h5,7,11-14,17-20,22,24-25,27-28,30,32,34,40-41,44H,3-4,6,8-10,15-16,21,23,26,29,31,33,35-39H2,1-2H3,(H2,47,48,49)/b7-5-,13-11-,14-12-,19-17-,20-18-,24-22-,27-25-,30-28-,34-32-/t40?,41-/m1/s1. The molecule has 0 aromatic carbocycles. The zero-order chi connectivity index (χ0) is 39.1. The van der Waals surface area contributed by atoms with E-state index in [9.17, 15) is 19.3 Å². The molecule has 0 radical (unpaired) electrons. The molecule has 0 aliphatic heterocycles. The number of phosphoric acid groups is 1. The average Bonchev–Trinajstić information content (AvgIpc) is 3.12. The fourth-order valence-electron chi connectivity index (χ4n) is 4.49. The molecule has 0 fully saturated rings. The summed E-state index contributed by atoms with van der Waals surface area (Å²) in [6.45, 7) is 3.28. The summed E-state index contributed by atoms with van der Waals surface area (Å²) < 4.78 is 26.1. The van der Waals surface area contributed by atoms with Crippen LogP contribution in [0.4, 0.5) is 0 Å². The Labute approximate surface area is 319 Å². The molecule has 2 atom stereocenters. The first-order valence-corrected chi connectivity index (χ1v) is 20.8. The van der Waals surface area contributed by atoms with Crippen LogP contribution in [0.2, 0.25) is 0 Å². The van der Waals surface area contributed by atoms with Crippen LogP contribution in [0.3, 0.4) is 0 Å². The van der Waals surface area contributed by atoms with Gasteiger partial charge in [-0.05, 0) is 83.5 Å². The summed E-state index contributed by atoms with van der Waals surface area (Å²) >= 11 is 0. The number of unbranched alkanes of at least 4 members (excludes halogenated alkanes) is 5. The van der Waals surface area contributed by atoms with Crippen LogP contribution in [0.5, 0.6) is 0 Å². The molecule has 53 heavy (non-hydrogen) atoms. The van der Waals surface area contributed by atoms with Gasteiger partial charge in [0.15, 0.2) is 6.10 Å². The summed E-state index contributed by atoms with van der Waals surface area (Å²) in [6.07, 6.45) is 48.5. The van der Waals surface area contributed by atoms with Crippen LogP contribution in [0, 0.1) is 0 Å². The zero-order valence-corrected chi connectivity index (χ0v) is 33.1. The van der Waals surface area contributed by atoms with Crippen molar-refractivity contribution in [1.82, 2.24) is 0 Å². The quantitative estimate of drug-likeness (QED) is 0.0196. The van der Waals surface area contributed by atoms with Crippen molar-refractivity contribution in [3.05, 3.63) is 109 Å². The second-order valence-corrected chi connectivity index (χ2v) is 13.6. The summed E-state index contributed by atoms with van der Waals surface area (Å²) in [5, 5.41) is 10.2. The molecule has 0 aliphatic carbocycles. The van der Waals surface area contributed by atoms with Gasteiger partial charge < -0.3 is 24.4 Å². The fourth-order valence-corrected chi connectivity index (χ4v) is 4.85. The Morgan fingerprint density at radius 1 is 0.604 bits per heavy atom. The van der Waals surface area contributed by atoms with E-state index in [1.165, 1.54) is 19.3 Å². The van der Waals surface area contributed by atoms with Crippen molar-refractivity contribution in [3.63, 3.8) is 0 Å². The molecule has 0 aliphatic rings. The van der Waals surface area contributed by atoms with E-state index in [1.54, 1.807) is 12.2 Å². The molecule has 0 amide bonds. The molecular weight excluding hydrogens is 691 g/mol. The summed E-state index contributed by atoms with van der Waals surface area (Å²) in [7, 11) is -4.84. The highest BCUT2D eigenvalue weighted by atomic mass is 31.2. The fraction of sp³-hybridized carbons (Fsp3) is 0.535. The smallest absolute Gasteiger partial charge is 0.462 e. The van der Waals surface area contributed by atoms with Gasteiger partial charge in [0.05, 0.1) is 12.7 Å². The van der Waals surface area contributed by atoms with Crippen LogP contribution >= 0.6 is 7.82 Å². The van der Waals surface area contributed by atoms with Gasteiger partial charge in [0.2, 0.25) is 0 Å². The van der Waals surface area contributed by atoms with Crippen molar-refractivity contribution in [1.29, 1.82) is 0 Å². The summed E-state index contributed by atoms with van der Waals surface area (Å²) in [6, 6.07) is 0. The molecular formula is C43H67O9P. The van der Waals surface area contributed by atoms with Crippen LogP contribution in [0.1, 0.15) is 123 Å². The van der Waals surface area contributed by atoms with Gasteiger partial charge in [0.25, 0.3) is 0 Å². The molecule has 0 saturated carbocycles. The SMILES string of the molecule is CC/C=C\C/C=C\C/C=C\C/C=C\C/C=C\C=C/C(O)CCC(=O)O[C@H](COC(=O)CCCC/C=C\C/C=C\C/C=C\CCCCC)COP(=O)(O)O. The van der Waals surface area contributed by atoms with E-state index in [1.807, 2.05) is 12.2 Å². The number of carbonyl (C=O) groups excluding carboxylic acids is 2. The minimum atomic E-state index is -4.84. The van der Waals surface area contributed by atoms with Gasteiger partial charge >= 0.3 is 19.8 Å². The molecule has 0 aromatic rings. The maximum atomic E-state index is 12.4. The Kier molecular flexibility index (Phi) is 34.7. The summed E-state index contributed by atoms with van der Waals surface area (Å²) in [4.78, 5) is 42.7. The average molecular weight is 759 g/mol. The number of aliphatic hydroxyl groups excluding tert-OH is 1. The number of allylic oxidation sites excluding steroid dienone is 17. The third-order valence-corrected chi connectivity index (χ3v) is 7.88. The van der Waals surface area contributed by atoms with E-state index in [-0.39, 0.29) is 19.3 Å². The maximum Gasteiger partial charge on any atom is 0.469 e. The minimum Gasteiger partial charge on any atom is -0.462 e. The lowest BCUT2D eigenvalue weighted by molar-refractivity contribution is -0.161. The van der Waals surface area contributed by atoms with Crippen molar-refractivity contribution < 1.29 is 43.0 Å². The molecule has 298 valence electrons. The molecule has 0 rings (SSSR count). The van der Waals surface area contributed by atoms with E-state index in [2.05, 4.69) is 103 Å². The molecule has 0 saturated heterocycles. The number of rotatable bonds is 33. The summed E-state index contributed by atoms with van der Waals surface area (Å²) in [5.41, 5.74) is 0. The maximum absolute atomic E-state index is 12.4. The van der Waals surface area contributed by atoms with Gasteiger partial charge in [0.1, 0.15) is 6.61 Å². The van der Waals surface area contributed by atoms with E-state index in [0.29, 0.717) is 6.42 Å². The Morgan fingerprint density at radius 2 is 1.11 bits per heavy atom. The van der Waals surface area contributed by atoms with Crippen LogP contribution < -0.4 is 0 Å². The second-order valence-electron chi connectivity index (χ2n) is 12.4. The van der Waals surface area contributed by atoms with E-state index >= 15 is 0 Å². The Morgan fingerprint density at radius 3 is 1.64 bits per heavy atom. The summed E-state index contributed by atoms with van der Waals surface area (Å²) in [5.74, 6) is -1.23. The number of carbonyl (C=O) groups is 2. The largest absolute Gasteiger partial charge is 0.469 e. The van der Waals surface area contributed by atoms with Gasteiger partial charge in [-0.3, -0.25) is 14.1 Å². The van der Waals surface area contributed by atoms with Gasteiger partial charge in [-0.15, -0.1) is 0 Å². The Balaban J connectivity index is 4.31. The van der Waals surface area contributed by atoms with Crippen molar-refractivity contribution in [2.45, 2.75) is 135 Å². The van der Waals surface area contributed by atoms with Crippen LogP contribution in [-0.2, 0) is 28.2 Å². The number of hydrogen-bond donors (Lipinski definition) is 3. The van der Waals surface area contributed by atoms with E-state index in [0.717, 1.165) is 64.2 Å². The van der Waals surface area contributed by atoms with Crippen LogP contribution in [0.15, 0.2) is 109 Å². The molecule has 9 nitrogen and oxygen atoms in total. The predicted octanol–water partition coefficient (Wildman–Crippen LogP) is 10.6. The first kappa shape index (κ1) is 49.7. The monoisotopic (exact) mass is 758 g/mol. The number of aliphatic hydroxyl groups is 1. The second kappa shape index (κ2) is 37.0. The topological polar surface area (TPSA) is 140 Å². The van der Waals surface area contributed by atoms with E-state index in [4.69, 9.17) is 19.3 Å². The van der Waals surface area contributed by atoms with Crippen molar-refractivity contribution in [2.24, 2.45) is 0 Å². The third kappa shape index (κ3) is 39.7. The van der Waals surface area contributed by atoms with E-state index < -0.39 is 45.2 Å². The van der Waals surface area contributed by atoms with Gasteiger partial charge in [-0.2, -0.15) is 0 Å². The predicted molar refractivity (Wildman–Crippen MR) is 217 cm³/mol. The Bertz CT molecular complexity index is 1230. The highest BCUT2D eigenvalue weighted by Gasteiger charge is 2.23. The van der Waals surface area contributed by atoms with Gasteiger partial charge in [-0.1, -0.05) is 136 Å². The first-order chi connectivity index (χ1) is 25.7. The molecule has 0 aromatic heterocycles. The van der Waals surface area contributed by atoms with Crippen molar-refractivity contribution in [2.75, 3.05) is 13.2 Å². The van der Waals surface area contributed by atoms with Gasteiger partial charge in [0, 0.05) is 12.8 Å². The lowest BCUT2D eigenvalue weighted by Gasteiger charge is -2.18. The zero-order valence-electron chi connectivity index (χ0n) is 32.2. The van der Waals surface area contributed by atoms with Gasteiger partial charge in [-0.25, -0.2) is 4.57 Å². The van der Waals surface area contributed by atoms with Crippen molar-refractivity contribution in [3.8, 4) is 0 Å². The molecule has 10 heteroatoms. The molecule has 0 spiro atoms. The number of hydrogen-bond acceptors (Lipinski definition) is 7. The molecule has 0 bridgehead atoms. The van der Waals surface area contributed by atoms with Crippen LogP contribution in [-0.4, -0.2) is 52.3 Å². The number of esters is 2.